The van der Waals surface area contributed by atoms with Crippen molar-refractivity contribution < 1.29 is 9.47 Å². The molecular weight excluding hydrogens is 188 g/mol. The van der Waals surface area contributed by atoms with Gasteiger partial charge in [0.15, 0.2) is 5.79 Å². The van der Waals surface area contributed by atoms with Gasteiger partial charge in [-0.3, -0.25) is 0 Å². The first-order chi connectivity index (χ1) is 7.28. The lowest BCUT2D eigenvalue weighted by Crippen LogP contribution is -2.47. The molecule has 15 heavy (non-hydrogen) atoms. The van der Waals surface area contributed by atoms with Crippen molar-refractivity contribution in [2.24, 2.45) is 0 Å². The molecule has 0 aromatic rings. The Labute approximate surface area is 93.3 Å². The zero-order chi connectivity index (χ0) is 10.7. The second kappa shape index (κ2) is 4.84. The Morgan fingerprint density at radius 1 is 0.933 bits per heavy atom. The summed E-state index contributed by atoms with van der Waals surface area (Å²) >= 11 is 0. The minimum atomic E-state index is -0.197. The predicted octanol–water partition coefficient (Wildman–Crippen LogP) is 3.64. The maximum atomic E-state index is 6.17. The Kier molecular flexibility index (Phi) is 3.68. The average molecular weight is 212 g/mol. The van der Waals surface area contributed by atoms with Crippen LogP contribution in [0.25, 0.3) is 0 Å². The molecule has 2 aliphatic heterocycles. The van der Waals surface area contributed by atoms with Crippen LogP contribution in [-0.4, -0.2) is 18.0 Å². The molecule has 0 saturated carbocycles. The molecule has 0 bridgehead atoms. The molecule has 0 aromatic heterocycles. The van der Waals surface area contributed by atoms with Gasteiger partial charge in [-0.25, -0.2) is 0 Å². The Morgan fingerprint density at radius 2 is 1.40 bits per heavy atom. The van der Waals surface area contributed by atoms with Gasteiger partial charge in [0, 0.05) is 12.8 Å². The third-order valence-electron chi connectivity index (χ3n) is 3.84. The molecule has 1 spiro atoms. The van der Waals surface area contributed by atoms with E-state index in [1.807, 2.05) is 0 Å². The van der Waals surface area contributed by atoms with Gasteiger partial charge in [-0.2, -0.15) is 0 Å². The molecule has 2 nitrogen and oxygen atoms in total. The minimum absolute atomic E-state index is 0.197. The van der Waals surface area contributed by atoms with Crippen LogP contribution in [0.5, 0.6) is 0 Å². The van der Waals surface area contributed by atoms with Gasteiger partial charge in [-0.15, -0.1) is 0 Å². The van der Waals surface area contributed by atoms with E-state index in [0.29, 0.717) is 12.2 Å². The fourth-order valence-corrected chi connectivity index (χ4v) is 2.89. The molecule has 0 unspecified atom stereocenters. The standard InChI is InChI=1S/C13H24O2/c1-3-11-7-5-9-13(14-11)10-6-8-12(4-2)15-13/h11-12H,3-10H2,1-2H3/t11-,12-,13?/m0/s1. The molecule has 0 N–H and O–H groups in total. The number of ether oxygens (including phenoxy) is 2. The van der Waals surface area contributed by atoms with Crippen molar-refractivity contribution in [1.82, 2.24) is 0 Å². The van der Waals surface area contributed by atoms with Crippen molar-refractivity contribution in [3.05, 3.63) is 0 Å². The fourth-order valence-electron chi connectivity index (χ4n) is 2.89. The maximum Gasteiger partial charge on any atom is 0.169 e. The first-order valence-electron chi connectivity index (χ1n) is 6.63. The number of hydrogen-bond acceptors (Lipinski definition) is 2. The first-order valence-corrected chi connectivity index (χ1v) is 6.63. The van der Waals surface area contributed by atoms with E-state index < -0.39 is 0 Å². The van der Waals surface area contributed by atoms with Crippen LogP contribution in [0.3, 0.4) is 0 Å². The van der Waals surface area contributed by atoms with Gasteiger partial charge in [-0.05, 0) is 38.5 Å². The van der Waals surface area contributed by atoms with E-state index in [2.05, 4.69) is 13.8 Å². The zero-order valence-electron chi connectivity index (χ0n) is 10.1. The molecule has 2 heterocycles. The second-order valence-electron chi connectivity index (χ2n) is 4.99. The van der Waals surface area contributed by atoms with Gasteiger partial charge < -0.3 is 9.47 Å². The molecule has 0 aliphatic carbocycles. The van der Waals surface area contributed by atoms with Crippen molar-refractivity contribution >= 4 is 0 Å². The summed E-state index contributed by atoms with van der Waals surface area (Å²) in [5.41, 5.74) is 0. The summed E-state index contributed by atoms with van der Waals surface area (Å²) in [6, 6.07) is 0. The topological polar surface area (TPSA) is 18.5 Å². The summed E-state index contributed by atoms with van der Waals surface area (Å²) in [5.74, 6) is -0.197. The summed E-state index contributed by atoms with van der Waals surface area (Å²) < 4.78 is 12.3. The van der Waals surface area contributed by atoms with Gasteiger partial charge in [0.05, 0.1) is 12.2 Å². The van der Waals surface area contributed by atoms with Crippen molar-refractivity contribution in [3.8, 4) is 0 Å². The highest BCUT2D eigenvalue weighted by atomic mass is 16.7. The third-order valence-corrected chi connectivity index (χ3v) is 3.84. The maximum absolute atomic E-state index is 6.17. The summed E-state index contributed by atoms with van der Waals surface area (Å²) in [4.78, 5) is 0. The quantitative estimate of drug-likeness (QED) is 0.695. The fraction of sp³-hybridized carbons (Fsp3) is 1.00. The Morgan fingerprint density at radius 3 is 1.80 bits per heavy atom. The second-order valence-corrected chi connectivity index (χ2v) is 4.99. The zero-order valence-corrected chi connectivity index (χ0v) is 10.1. The van der Waals surface area contributed by atoms with E-state index in [0.717, 1.165) is 25.7 Å². The van der Waals surface area contributed by atoms with Gasteiger partial charge >= 0.3 is 0 Å². The number of rotatable bonds is 2. The lowest BCUT2D eigenvalue weighted by molar-refractivity contribution is -0.314. The molecule has 2 heteroatoms. The molecule has 2 rings (SSSR count). The highest BCUT2D eigenvalue weighted by molar-refractivity contribution is 4.83. The van der Waals surface area contributed by atoms with Crippen LogP contribution in [0.2, 0.25) is 0 Å². The molecule has 88 valence electrons. The molecule has 0 amide bonds. The van der Waals surface area contributed by atoms with E-state index in [1.165, 1.54) is 25.7 Å². The summed E-state index contributed by atoms with van der Waals surface area (Å²) in [5, 5.41) is 0. The molecular formula is C13H24O2. The van der Waals surface area contributed by atoms with E-state index >= 15 is 0 Å². The van der Waals surface area contributed by atoms with Crippen molar-refractivity contribution in [2.75, 3.05) is 0 Å². The van der Waals surface area contributed by atoms with E-state index in [4.69, 9.17) is 9.47 Å². The van der Waals surface area contributed by atoms with Gasteiger partial charge in [-0.1, -0.05) is 13.8 Å². The summed E-state index contributed by atoms with van der Waals surface area (Å²) in [6.45, 7) is 4.42. The van der Waals surface area contributed by atoms with Crippen LogP contribution in [0.1, 0.15) is 65.2 Å². The minimum Gasteiger partial charge on any atom is -0.347 e. The lowest BCUT2D eigenvalue weighted by Gasteiger charge is -2.45. The van der Waals surface area contributed by atoms with E-state index in [-0.39, 0.29) is 5.79 Å². The normalized spacial score (nSPS) is 35.6. The lowest BCUT2D eigenvalue weighted by atomic mass is 9.92. The van der Waals surface area contributed by atoms with Crippen LogP contribution in [0, 0.1) is 0 Å². The smallest absolute Gasteiger partial charge is 0.169 e. The van der Waals surface area contributed by atoms with Gasteiger partial charge in [0.1, 0.15) is 0 Å². The predicted molar refractivity (Wildman–Crippen MR) is 60.8 cm³/mol. The third kappa shape index (κ3) is 2.54. The van der Waals surface area contributed by atoms with E-state index in [1.54, 1.807) is 0 Å². The SMILES string of the molecule is CC[C@H]1CCCC2(CCC[C@H](CC)O2)O1. The van der Waals surface area contributed by atoms with Crippen LogP contribution in [0.15, 0.2) is 0 Å². The van der Waals surface area contributed by atoms with Gasteiger partial charge in [0.2, 0.25) is 0 Å². The van der Waals surface area contributed by atoms with Gasteiger partial charge in [0.25, 0.3) is 0 Å². The highest BCUT2D eigenvalue weighted by Gasteiger charge is 2.41. The van der Waals surface area contributed by atoms with Crippen LogP contribution >= 0.6 is 0 Å². The van der Waals surface area contributed by atoms with E-state index in [9.17, 15) is 0 Å². The molecule has 0 radical (unpaired) electrons. The summed E-state index contributed by atoms with van der Waals surface area (Å²) in [6.07, 6.45) is 10.3. The number of hydrogen-bond donors (Lipinski definition) is 0. The van der Waals surface area contributed by atoms with Crippen molar-refractivity contribution in [3.63, 3.8) is 0 Å². The molecule has 2 saturated heterocycles. The van der Waals surface area contributed by atoms with Crippen LogP contribution < -0.4 is 0 Å². The Bertz CT molecular complexity index is 181. The average Bonchev–Trinajstić information content (AvgIpc) is 2.29. The van der Waals surface area contributed by atoms with Crippen LogP contribution in [0.4, 0.5) is 0 Å². The molecule has 2 aliphatic rings. The Hall–Kier alpha value is -0.0800. The highest BCUT2D eigenvalue weighted by Crippen LogP contribution is 2.40. The van der Waals surface area contributed by atoms with Crippen LogP contribution in [-0.2, 0) is 9.47 Å². The first kappa shape index (κ1) is 11.4. The van der Waals surface area contributed by atoms with Crippen molar-refractivity contribution in [2.45, 2.75) is 83.2 Å². The molecule has 2 atom stereocenters. The molecule has 2 fully saturated rings. The largest absolute Gasteiger partial charge is 0.347 e. The van der Waals surface area contributed by atoms with Crippen molar-refractivity contribution in [1.29, 1.82) is 0 Å². The molecule has 0 aromatic carbocycles. The monoisotopic (exact) mass is 212 g/mol. The summed E-state index contributed by atoms with van der Waals surface area (Å²) in [7, 11) is 0. The Balaban J connectivity index is 1.98.